The van der Waals surface area contributed by atoms with Crippen molar-refractivity contribution in [2.45, 2.75) is 0 Å². The number of hydrogen-bond donors (Lipinski definition) is 0. The van der Waals surface area contributed by atoms with Crippen LogP contribution in [-0.2, 0) is 0 Å². The minimum Gasteiger partial charge on any atom is -0.456 e. The molecule has 62 heavy (non-hydrogen) atoms. The first kappa shape index (κ1) is 41.2. The molecule has 0 aliphatic carbocycles. The van der Waals surface area contributed by atoms with Gasteiger partial charge in [-0.05, 0) is 94.3 Å². The topological polar surface area (TPSA) is 13.1 Å². The van der Waals surface area contributed by atoms with Crippen molar-refractivity contribution >= 4 is 302 Å². The Hall–Kier alpha value is -4.82. The Morgan fingerprint density at radius 3 is 1.15 bits per heavy atom. The van der Waals surface area contributed by atoms with Crippen molar-refractivity contribution in [2.75, 3.05) is 0 Å². The normalized spacial score (nSPS) is 12.0. The molecular formula is C44H43B17O. The molecule has 276 valence electrons. The first-order valence-electron chi connectivity index (χ1n) is 22.6. The quantitative estimate of drug-likeness (QED) is 0.0969. The molecule has 10 rings (SSSR count). The van der Waals surface area contributed by atoms with Crippen molar-refractivity contribution in [3.8, 4) is 22.3 Å². The zero-order valence-electron chi connectivity index (χ0n) is 40.1. The van der Waals surface area contributed by atoms with Gasteiger partial charge in [-0.15, -0.1) is 43.7 Å². The highest BCUT2D eigenvalue weighted by Crippen LogP contribution is 2.44. The van der Waals surface area contributed by atoms with Gasteiger partial charge in [-0.25, -0.2) is 0 Å². The lowest BCUT2D eigenvalue weighted by Gasteiger charge is -2.31. The van der Waals surface area contributed by atoms with Crippen LogP contribution in [0.5, 0.6) is 0 Å². The fourth-order valence-corrected chi connectivity index (χ4v) is 12.0. The van der Waals surface area contributed by atoms with Crippen LogP contribution < -0.4 is 92.9 Å². The van der Waals surface area contributed by atoms with Crippen molar-refractivity contribution in [1.82, 2.24) is 0 Å². The third kappa shape index (κ3) is 5.22. The smallest absolute Gasteiger partial charge is 0.140 e. The highest BCUT2D eigenvalue weighted by molar-refractivity contribution is 6.76. The van der Waals surface area contributed by atoms with Crippen LogP contribution in [0.2, 0.25) is 0 Å². The molecule has 0 amide bonds. The van der Waals surface area contributed by atoms with E-state index in [1.807, 2.05) is 0 Å². The van der Waals surface area contributed by atoms with Gasteiger partial charge in [0.1, 0.15) is 145 Å². The molecule has 0 aliphatic rings. The maximum atomic E-state index is 6.62. The number of hydrogen-bond acceptors (Lipinski definition) is 1. The van der Waals surface area contributed by atoms with Crippen molar-refractivity contribution in [3.05, 3.63) is 54.6 Å². The molecule has 0 unspecified atom stereocenters. The largest absolute Gasteiger partial charge is 0.456 e. The van der Waals surface area contributed by atoms with E-state index >= 15 is 0 Å². The van der Waals surface area contributed by atoms with Gasteiger partial charge in [0.15, 0.2) is 0 Å². The molecule has 10 aromatic rings. The predicted octanol–water partition coefficient (Wildman–Crippen LogP) is -16.9. The van der Waals surface area contributed by atoms with Gasteiger partial charge in [0, 0.05) is 10.8 Å². The summed E-state index contributed by atoms with van der Waals surface area (Å²) in [7, 11) is 40.3. The van der Waals surface area contributed by atoms with Crippen LogP contribution in [0.25, 0.3) is 98.1 Å². The second-order valence-electron chi connectivity index (χ2n) is 19.2. The molecule has 1 heterocycles. The minimum atomic E-state index is 0.927. The molecule has 0 fully saturated rings. The van der Waals surface area contributed by atoms with Crippen molar-refractivity contribution in [3.63, 3.8) is 0 Å². The van der Waals surface area contributed by atoms with Gasteiger partial charge in [-0.1, -0.05) is 85.6 Å². The van der Waals surface area contributed by atoms with Crippen molar-refractivity contribution < 1.29 is 4.42 Å². The summed E-state index contributed by atoms with van der Waals surface area (Å²) in [4.78, 5) is 0. The van der Waals surface area contributed by atoms with E-state index in [1.165, 1.54) is 180 Å². The summed E-state index contributed by atoms with van der Waals surface area (Å²) in [6.45, 7) is 0. The van der Waals surface area contributed by atoms with Crippen LogP contribution in [0.15, 0.2) is 59.0 Å². The van der Waals surface area contributed by atoms with E-state index in [4.69, 9.17) is 4.42 Å². The highest BCUT2D eigenvalue weighted by Gasteiger charge is 2.30. The lowest BCUT2D eigenvalue weighted by atomic mass is 9.56. The van der Waals surface area contributed by atoms with Crippen LogP contribution in [0, 0.1) is 0 Å². The van der Waals surface area contributed by atoms with E-state index in [-0.39, 0.29) is 0 Å². The molecule has 0 bridgehead atoms. The molecular weight excluding hydrogens is 728 g/mol. The zero-order chi connectivity index (χ0) is 44.3. The lowest BCUT2D eigenvalue weighted by Crippen LogP contribution is -2.52. The Labute approximate surface area is 381 Å². The standard InChI is InChI=1S/C44H43B17O/c45-28-21(24-25(34(51)42(59)41(58)33(24)50)26-27(28)36(53)44(61)43(60)35(26)52)18-22-19(29(46)37(54)39(56)31(22)48)16(20-23(18)32(49)40(57)38(55)30(20)47)11-6-7-14-13(9-11)17-12-4-2-1-3-10(12)5-8-15(17)62-14/h1-9H,45-61H2. The second-order valence-corrected chi connectivity index (χ2v) is 19.2. The van der Waals surface area contributed by atoms with Crippen LogP contribution in [0.4, 0.5) is 0 Å². The van der Waals surface area contributed by atoms with E-state index in [0.717, 1.165) is 11.2 Å². The molecule has 0 radical (unpaired) electrons. The third-order valence-corrected chi connectivity index (χ3v) is 16.9. The number of fused-ring (bicyclic) bond motifs is 10. The Balaban J connectivity index is 1.54. The molecule has 0 aliphatic heterocycles. The van der Waals surface area contributed by atoms with Crippen molar-refractivity contribution in [2.24, 2.45) is 0 Å². The molecule has 9 aromatic carbocycles. The highest BCUT2D eigenvalue weighted by atomic mass is 16.3. The summed E-state index contributed by atoms with van der Waals surface area (Å²) >= 11 is 0. The Kier molecular flexibility index (Phi) is 9.37. The van der Waals surface area contributed by atoms with Crippen LogP contribution in [0.1, 0.15) is 0 Å². The Bertz CT molecular complexity index is 3700. The summed E-state index contributed by atoms with van der Waals surface area (Å²) in [5.41, 5.74) is 30.8. The second kappa shape index (κ2) is 14.1. The SMILES string of the molecule is Bc1c(B)c(B)c2c(-c3c(B)c4c(B)c(B)c(B)c(B)c4c4c(B)c(B)c(B)c(B)c34)c3c(B)c(B)c(B)c(B)c3c(-c3ccc4oc5ccc6ccccc6c5c4c3)c2c1B. The minimum absolute atomic E-state index is 0.927. The van der Waals surface area contributed by atoms with E-state index in [0.29, 0.717) is 0 Å². The summed E-state index contributed by atoms with van der Waals surface area (Å²) in [6, 6.07) is 20.1. The average molecular weight is 772 g/mol. The maximum Gasteiger partial charge on any atom is 0.140 e. The first-order valence-corrected chi connectivity index (χ1v) is 22.6. The van der Waals surface area contributed by atoms with Gasteiger partial charge in [0.05, 0.1) is 0 Å². The van der Waals surface area contributed by atoms with E-state index in [1.54, 1.807) is 0 Å². The molecule has 1 aromatic heterocycles. The molecule has 1 nitrogen and oxygen atoms in total. The summed E-state index contributed by atoms with van der Waals surface area (Å²) in [6.07, 6.45) is 0. The molecule has 0 saturated carbocycles. The maximum absolute atomic E-state index is 6.62. The van der Waals surface area contributed by atoms with Crippen LogP contribution in [-0.4, -0.2) is 133 Å². The van der Waals surface area contributed by atoms with Gasteiger partial charge in [0.2, 0.25) is 0 Å². The average Bonchev–Trinajstić information content (AvgIpc) is 3.65. The fraction of sp³-hybridized carbons (Fsp3) is 0. The predicted molar refractivity (Wildman–Crippen MR) is 331 cm³/mol. The molecule has 18 heteroatoms. The van der Waals surface area contributed by atoms with Crippen LogP contribution in [0.3, 0.4) is 0 Å². The van der Waals surface area contributed by atoms with Crippen LogP contribution >= 0.6 is 0 Å². The summed E-state index contributed by atoms with van der Waals surface area (Å²) in [5, 5.41) is 16.0. The Morgan fingerprint density at radius 1 is 0.258 bits per heavy atom. The van der Waals surface area contributed by atoms with E-state index in [9.17, 15) is 0 Å². The van der Waals surface area contributed by atoms with Gasteiger partial charge in [-0.3, -0.25) is 0 Å². The monoisotopic (exact) mass is 774 g/mol. The third-order valence-electron chi connectivity index (χ3n) is 16.9. The van der Waals surface area contributed by atoms with E-state index < -0.39 is 0 Å². The molecule has 0 spiro atoms. The summed E-state index contributed by atoms with van der Waals surface area (Å²) in [5.74, 6) is 0. The zero-order valence-corrected chi connectivity index (χ0v) is 40.1. The number of furan rings is 1. The van der Waals surface area contributed by atoms with Gasteiger partial charge >= 0.3 is 0 Å². The fourth-order valence-electron chi connectivity index (χ4n) is 12.0. The molecule has 0 N–H and O–H groups in total. The lowest BCUT2D eigenvalue weighted by molar-refractivity contribution is 0.669. The summed E-state index contributed by atoms with van der Waals surface area (Å²) < 4.78 is 6.62. The Morgan fingerprint density at radius 2 is 0.645 bits per heavy atom. The first-order chi connectivity index (χ1) is 29.4. The number of rotatable bonds is 2. The van der Waals surface area contributed by atoms with Crippen molar-refractivity contribution in [1.29, 1.82) is 0 Å². The van der Waals surface area contributed by atoms with Gasteiger partial charge in [-0.2, -0.15) is 0 Å². The van der Waals surface area contributed by atoms with E-state index in [2.05, 4.69) is 188 Å². The van der Waals surface area contributed by atoms with Gasteiger partial charge in [0.25, 0.3) is 0 Å². The molecule has 0 saturated heterocycles. The van der Waals surface area contributed by atoms with Gasteiger partial charge < -0.3 is 4.42 Å². The molecule has 0 atom stereocenters. The number of benzene rings is 9.